The van der Waals surface area contributed by atoms with Crippen molar-refractivity contribution in [3.63, 3.8) is 0 Å². The Morgan fingerprint density at radius 2 is 1.89 bits per heavy atom. The number of imidazole rings is 1. The molecule has 0 atom stereocenters. The van der Waals surface area contributed by atoms with Crippen molar-refractivity contribution >= 4 is 0 Å². The van der Waals surface area contributed by atoms with Crippen molar-refractivity contribution in [2.24, 2.45) is 7.05 Å². The summed E-state index contributed by atoms with van der Waals surface area (Å²) in [4.78, 5) is 6.50. The first-order chi connectivity index (χ1) is 9.16. The van der Waals surface area contributed by atoms with Crippen LogP contribution in [-0.2, 0) is 26.7 Å². The fraction of sp³-hybridized carbons (Fsp3) is 0.400. The fourth-order valence-corrected chi connectivity index (χ4v) is 2.10. The second kappa shape index (κ2) is 6.50. The third-order valence-electron chi connectivity index (χ3n) is 3.12. The fourth-order valence-electron chi connectivity index (χ4n) is 2.10. The second-order valence-electron chi connectivity index (χ2n) is 5.06. The highest BCUT2D eigenvalue weighted by molar-refractivity contribution is 5.26. The number of benzene rings is 1. The van der Waals surface area contributed by atoms with Crippen molar-refractivity contribution < 1.29 is 0 Å². The van der Waals surface area contributed by atoms with Gasteiger partial charge < -0.3 is 14.8 Å². The Kier molecular flexibility index (Phi) is 4.71. The average molecular weight is 258 g/mol. The van der Waals surface area contributed by atoms with Gasteiger partial charge in [-0.05, 0) is 25.2 Å². The van der Waals surface area contributed by atoms with Crippen molar-refractivity contribution in [2.45, 2.75) is 19.6 Å². The van der Waals surface area contributed by atoms with E-state index in [9.17, 15) is 0 Å². The van der Waals surface area contributed by atoms with E-state index >= 15 is 0 Å². The quantitative estimate of drug-likeness (QED) is 0.857. The van der Waals surface area contributed by atoms with E-state index in [-0.39, 0.29) is 0 Å². The minimum absolute atomic E-state index is 0.791. The van der Waals surface area contributed by atoms with Gasteiger partial charge in [0.2, 0.25) is 0 Å². The van der Waals surface area contributed by atoms with Crippen LogP contribution in [0.5, 0.6) is 0 Å². The molecule has 0 unspecified atom stereocenters. The normalized spacial score (nSPS) is 11.2. The first-order valence-electron chi connectivity index (χ1n) is 6.55. The molecule has 1 aromatic carbocycles. The summed E-state index contributed by atoms with van der Waals surface area (Å²) in [6, 6.07) is 8.57. The monoisotopic (exact) mass is 258 g/mol. The van der Waals surface area contributed by atoms with E-state index in [2.05, 4.69) is 53.6 Å². The van der Waals surface area contributed by atoms with E-state index in [0.717, 1.165) is 25.5 Å². The number of nitrogens with zero attached hydrogens (tertiary/aromatic N) is 3. The molecule has 0 radical (unpaired) electrons. The zero-order chi connectivity index (χ0) is 13.7. The lowest BCUT2D eigenvalue weighted by Crippen LogP contribution is -2.18. The van der Waals surface area contributed by atoms with Crippen LogP contribution in [0.3, 0.4) is 0 Å². The van der Waals surface area contributed by atoms with E-state index in [4.69, 9.17) is 0 Å². The first-order valence-corrected chi connectivity index (χ1v) is 6.55. The van der Waals surface area contributed by atoms with Crippen molar-refractivity contribution in [1.82, 2.24) is 19.8 Å². The smallest absolute Gasteiger partial charge is 0.122 e. The number of hydrogen-bond donors (Lipinski definition) is 1. The Bertz CT molecular complexity index is 516. The van der Waals surface area contributed by atoms with Crippen molar-refractivity contribution in [2.75, 3.05) is 14.1 Å². The van der Waals surface area contributed by atoms with Crippen molar-refractivity contribution in [3.8, 4) is 0 Å². The van der Waals surface area contributed by atoms with Crippen molar-refractivity contribution in [1.29, 1.82) is 0 Å². The lowest BCUT2D eigenvalue weighted by Gasteiger charge is -2.14. The molecule has 4 heteroatoms. The molecule has 1 heterocycles. The van der Waals surface area contributed by atoms with E-state index < -0.39 is 0 Å². The maximum absolute atomic E-state index is 4.31. The summed E-state index contributed by atoms with van der Waals surface area (Å²) in [6.07, 6.45) is 3.80. The van der Waals surface area contributed by atoms with Crippen LogP contribution < -0.4 is 5.32 Å². The zero-order valence-corrected chi connectivity index (χ0v) is 11.9. The van der Waals surface area contributed by atoms with Crippen LogP contribution in [0, 0.1) is 0 Å². The zero-order valence-electron chi connectivity index (χ0n) is 11.9. The molecule has 0 bridgehead atoms. The van der Waals surface area contributed by atoms with E-state index in [1.807, 2.05) is 24.0 Å². The summed E-state index contributed by atoms with van der Waals surface area (Å²) in [5.74, 6) is 1.06. The SMILES string of the molecule is CN(C)Cc1ccccc1CNCc1nccn1C. The number of rotatable bonds is 6. The van der Waals surface area contributed by atoms with Gasteiger partial charge in [0.25, 0.3) is 0 Å². The van der Waals surface area contributed by atoms with Gasteiger partial charge in [-0.3, -0.25) is 0 Å². The maximum atomic E-state index is 4.31. The van der Waals surface area contributed by atoms with Crippen LogP contribution in [0.2, 0.25) is 0 Å². The highest BCUT2D eigenvalue weighted by Gasteiger charge is 2.03. The molecule has 102 valence electrons. The van der Waals surface area contributed by atoms with Crippen LogP contribution >= 0.6 is 0 Å². The Hall–Kier alpha value is -1.65. The highest BCUT2D eigenvalue weighted by atomic mass is 15.1. The predicted molar refractivity (Wildman–Crippen MR) is 77.6 cm³/mol. The molecule has 19 heavy (non-hydrogen) atoms. The van der Waals surface area contributed by atoms with Crippen LogP contribution in [0.1, 0.15) is 17.0 Å². The molecule has 0 saturated carbocycles. The number of hydrogen-bond acceptors (Lipinski definition) is 3. The van der Waals surface area contributed by atoms with Crippen LogP contribution in [-0.4, -0.2) is 28.5 Å². The third-order valence-corrected chi connectivity index (χ3v) is 3.12. The molecule has 2 aromatic rings. The Morgan fingerprint density at radius 1 is 1.16 bits per heavy atom. The van der Waals surface area contributed by atoms with Gasteiger partial charge in [0, 0.05) is 32.5 Å². The maximum Gasteiger partial charge on any atom is 0.122 e. The van der Waals surface area contributed by atoms with Crippen molar-refractivity contribution in [3.05, 3.63) is 53.6 Å². The number of aryl methyl sites for hydroxylation is 1. The van der Waals surface area contributed by atoms with Gasteiger partial charge >= 0.3 is 0 Å². The molecule has 0 aliphatic rings. The summed E-state index contributed by atoms with van der Waals surface area (Å²) in [5.41, 5.74) is 2.73. The van der Waals surface area contributed by atoms with E-state index in [0.29, 0.717) is 0 Å². The molecule has 0 aliphatic carbocycles. The molecule has 0 fully saturated rings. The van der Waals surface area contributed by atoms with Gasteiger partial charge in [-0.15, -0.1) is 0 Å². The standard InChI is InChI=1S/C15H22N4/c1-18(2)12-14-7-5-4-6-13(14)10-16-11-15-17-8-9-19(15)3/h4-9,16H,10-12H2,1-3H3. The Labute approximate surface area is 115 Å². The molecule has 2 rings (SSSR count). The molecule has 0 amide bonds. The summed E-state index contributed by atoms with van der Waals surface area (Å²) in [7, 11) is 6.21. The summed E-state index contributed by atoms with van der Waals surface area (Å²) in [6.45, 7) is 2.64. The number of nitrogens with one attached hydrogen (secondary N) is 1. The van der Waals surface area contributed by atoms with Gasteiger partial charge in [-0.1, -0.05) is 24.3 Å². The number of aromatic nitrogens is 2. The predicted octanol–water partition coefficient (Wildman–Crippen LogP) is 1.77. The molecule has 1 aromatic heterocycles. The van der Waals surface area contributed by atoms with Crippen LogP contribution in [0.15, 0.2) is 36.7 Å². The summed E-state index contributed by atoms with van der Waals surface area (Å²) >= 11 is 0. The Balaban J connectivity index is 1.94. The molecule has 0 spiro atoms. The summed E-state index contributed by atoms with van der Waals surface area (Å²) < 4.78 is 2.04. The summed E-state index contributed by atoms with van der Waals surface area (Å²) in [5, 5.41) is 3.46. The molecular formula is C15H22N4. The average Bonchev–Trinajstić information content (AvgIpc) is 2.77. The molecule has 0 saturated heterocycles. The third kappa shape index (κ3) is 3.91. The Morgan fingerprint density at radius 3 is 2.53 bits per heavy atom. The van der Waals surface area contributed by atoms with Gasteiger partial charge in [0.1, 0.15) is 5.82 Å². The minimum Gasteiger partial charge on any atom is -0.337 e. The van der Waals surface area contributed by atoms with Gasteiger partial charge in [0.15, 0.2) is 0 Å². The first kappa shape index (κ1) is 13.8. The molecule has 0 aliphatic heterocycles. The van der Waals surface area contributed by atoms with Gasteiger partial charge in [-0.2, -0.15) is 0 Å². The van der Waals surface area contributed by atoms with Crippen LogP contribution in [0.25, 0.3) is 0 Å². The molecule has 1 N–H and O–H groups in total. The molecular weight excluding hydrogens is 236 g/mol. The largest absolute Gasteiger partial charge is 0.337 e. The topological polar surface area (TPSA) is 33.1 Å². The lowest BCUT2D eigenvalue weighted by molar-refractivity contribution is 0.400. The van der Waals surface area contributed by atoms with E-state index in [1.165, 1.54) is 11.1 Å². The van der Waals surface area contributed by atoms with E-state index in [1.54, 1.807) is 0 Å². The highest BCUT2D eigenvalue weighted by Crippen LogP contribution is 2.10. The lowest BCUT2D eigenvalue weighted by atomic mass is 10.1. The van der Waals surface area contributed by atoms with Gasteiger partial charge in [0.05, 0.1) is 6.54 Å². The molecule has 4 nitrogen and oxygen atoms in total. The minimum atomic E-state index is 0.791. The van der Waals surface area contributed by atoms with Gasteiger partial charge in [-0.25, -0.2) is 4.98 Å². The van der Waals surface area contributed by atoms with Crippen LogP contribution in [0.4, 0.5) is 0 Å². The second-order valence-corrected chi connectivity index (χ2v) is 5.06.